The fraction of sp³-hybridized carbons (Fsp3) is 0.0400. The number of para-hydroxylation sites is 2. The van der Waals surface area contributed by atoms with Crippen molar-refractivity contribution in [2.45, 2.75) is 17.8 Å². The van der Waals surface area contributed by atoms with E-state index >= 15 is 0 Å². The van der Waals surface area contributed by atoms with Gasteiger partial charge in [-0.25, -0.2) is 0 Å². The van der Waals surface area contributed by atoms with Gasteiger partial charge in [0.25, 0.3) is 0 Å². The van der Waals surface area contributed by atoms with E-state index in [0.717, 1.165) is 29.2 Å². The van der Waals surface area contributed by atoms with E-state index in [2.05, 4.69) is 307 Å². The molecule has 0 N–H and O–H groups in total. The summed E-state index contributed by atoms with van der Waals surface area (Å²) in [4.78, 5) is 2.42. The molecule has 1 unspecified atom stereocenters. The Labute approximate surface area is 450 Å². The molecule has 1 aromatic heterocycles. The van der Waals surface area contributed by atoms with Gasteiger partial charge in [0.05, 0.1) is 16.4 Å². The number of hydrogen-bond acceptors (Lipinski definition) is 1. The third kappa shape index (κ3) is 7.17. The maximum atomic E-state index is 2.42. The SMILES string of the molecule is c1ccc(-c2ccc(C(Cc3ccc(N(c4ccc(-c5ccccc5)cc4)c4ccc5c(c4)c4ccccc4n5-c4ccccc4)cc3)c3cccc4c3-c3ccccc3C43c4ccccc4-c4ccccc43)cc2)cc1. The van der Waals surface area contributed by atoms with E-state index in [1.165, 1.54) is 105 Å². The van der Waals surface area contributed by atoms with Crippen molar-refractivity contribution in [1.82, 2.24) is 4.57 Å². The quantitative estimate of drug-likeness (QED) is 0.133. The Morgan fingerprint density at radius 1 is 0.338 bits per heavy atom. The van der Waals surface area contributed by atoms with E-state index in [4.69, 9.17) is 0 Å². The molecule has 362 valence electrons. The van der Waals surface area contributed by atoms with Crippen molar-refractivity contribution in [3.63, 3.8) is 0 Å². The molecule has 0 saturated carbocycles. The van der Waals surface area contributed by atoms with Crippen molar-refractivity contribution in [2.75, 3.05) is 4.90 Å². The topological polar surface area (TPSA) is 8.17 Å². The average Bonchev–Trinajstić information content (AvgIpc) is 4.34. The van der Waals surface area contributed by atoms with Gasteiger partial charge in [0.15, 0.2) is 0 Å². The maximum absolute atomic E-state index is 2.42. The Bertz CT molecular complexity index is 4280. The molecule has 0 amide bonds. The summed E-state index contributed by atoms with van der Waals surface area (Å²) in [5, 5.41) is 2.45. The second-order valence-corrected chi connectivity index (χ2v) is 20.7. The van der Waals surface area contributed by atoms with Crippen LogP contribution in [0.15, 0.2) is 297 Å². The normalized spacial score (nSPS) is 13.0. The molecule has 1 heterocycles. The molecule has 15 rings (SSSR count). The van der Waals surface area contributed by atoms with Crippen LogP contribution in [0.4, 0.5) is 17.1 Å². The molecule has 0 fully saturated rings. The lowest BCUT2D eigenvalue weighted by molar-refractivity contribution is 0.782. The lowest BCUT2D eigenvalue weighted by atomic mass is 9.70. The summed E-state index contributed by atoms with van der Waals surface area (Å²) in [6.07, 6.45) is 0.820. The molecule has 2 aliphatic carbocycles. The summed E-state index contributed by atoms with van der Waals surface area (Å²) < 4.78 is 2.39. The van der Waals surface area contributed by atoms with Crippen molar-refractivity contribution >= 4 is 38.9 Å². The molecule has 0 radical (unpaired) electrons. The van der Waals surface area contributed by atoms with Crippen molar-refractivity contribution in [3.05, 3.63) is 336 Å². The van der Waals surface area contributed by atoms with Gasteiger partial charge in [0, 0.05) is 39.4 Å². The van der Waals surface area contributed by atoms with Crippen LogP contribution in [0.25, 0.3) is 72.0 Å². The van der Waals surface area contributed by atoms with E-state index in [0.29, 0.717) is 0 Å². The smallest absolute Gasteiger partial charge is 0.0725 e. The zero-order valence-corrected chi connectivity index (χ0v) is 42.5. The van der Waals surface area contributed by atoms with Crippen LogP contribution < -0.4 is 4.90 Å². The predicted octanol–water partition coefficient (Wildman–Crippen LogP) is 19.3. The summed E-state index contributed by atoms with van der Waals surface area (Å²) in [5.74, 6) is 0.0571. The van der Waals surface area contributed by atoms with Crippen molar-refractivity contribution < 1.29 is 0 Å². The van der Waals surface area contributed by atoms with Gasteiger partial charge in [-0.15, -0.1) is 0 Å². The second-order valence-electron chi connectivity index (χ2n) is 20.7. The first-order valence-electron chi connectivity index (χ1n) is 26.9. The van der Waals surface area contributed by atoms with Gasteiger partial charge in [0.1, 0.15) is 0 Å². The molecule has 2 aliphatic rings. The highest BCUT2D eigenvalue weighted by molar-refractivity contribution is 6.10. The van der Waals surface area contributed by atoms with Crippen LogP contribution >= 0.6 is 0 Å². The molecule has 12 aromatic carbocycles. The lowest BCUT2D eigenvalue weighted by Gasteiger charge is -2.31. The second kappa shape index (κ2) is 18.3. The van der Waals surface area contributed by atoms with Crippen molar-refractivity contribution in [2.24, 2.45) is 0 Å². The van der Waals surface area contributed by atoms with E-state index < -0.39 is 5.41 Å². The highest BCUT2D eigenvalue weighted by atomic mass is 15.1. The Morgan fingerprint density at radius 2 is 0.805 bits per heavy atom. The van der Waals surface area contributed by atoms with Crippen molar-refractivity contribution in [3.8, 4) is 50.2 Å². The third-order valence-corrected chi connectivity index (χ3v) is 16.6. The summed E-state index contributed by atoms with van der Waals surface area (Å²) >= 11 is 0. The number of anilines is 3. The van der Waals surface area contributed by atoms with E-state index in [1.54, 1.807) is 0 Å². The molecule has 0 saturated heterocycles. The average molecular weight is 981 g/mol. The molecular weight excluding hydrogens is 929 g/mol. The van der Waals surface area contributed by atoms with Crippen LogP contribution in [-0.4, -0.2) is 4.57 Å². The Balaban J connectivity index is 0.870. The van der Waals surface area contributed by atoms with Crippen molar-refractivity contribution in [1.29, 1.82) is 0 Å². The number of benzene rings is 12. The van der Waals surface area contributed by atoms with Gasteiger partial charge >= 0.3 is 0 Å². The van der Waals surface area contributed by atoms with Crippen LogP contribution in [0.3, 0.4) is 0 Å². The molecule has 77 heavy (non-hydrogen) atoms. The number of fused-ring (bicyclic) bond motifs is 13. The van der Waals surface area contributed by atoms with Gasteiger partial charge in [0.2, 0.25) is 0 Å². The summed E-state index contributed by atoms with van der Waals surface area (Å²) in [6.45, 7) is 0. The highest BCUT2D eigenvalue weighted by Crippen LogP contribution is 2.64. The zero-order chi connectivity index (χ0) is 50.9. The first kappa shape index (κ1) is 44.7. The molecule has 0 aliphatic heterocycles. The first-order chi connectivity index (χ1) is 38.2. The highest BCUT2D eigenvalue weighted by Gasteiger charge is 2.52. The minimum Gasteiger partial charge on any atom is -0.310 e. The zero-order valence-electron chi connectivity index (χ0n) is 42.5. The molecule has 0 bridgehead atoms. The van der Waals surface area contributed by atoms with E-state index in [-0.39, 0.29) is 5.92 Å². The van der Waals surface area contributed by atoms with Gasteiger partial charge in [-0.3, -0.25) is 0 Å². The van der Waals surface area contributed by atoms with Crippen LogP contribution in [-0.2, 0) is 11.8 Å². The van der Waals surface area contributed by atoms with Gasteiger partial charge in [-0.1, -0.05) is 237 Å². The van der Waals surface area contributed by atoms with Crippen LogP contribution in [0.5, 0.6) is 0 Å². The fourth-order valence-electron chi connectivity index (χ4n) is 13.3. The summed E-state index contributed by atoms with van der Waals surface area (Å²) in [7, 11) is 0. The Kier molecular flexibility index (Phi) is 10.6. The molecule has 1 spiro atoms. The third-order valence-electron chi connectivity index (χ3n) is 16.6. The Hall–Kier alpha value is -9.76. The minimum atomic E-state index is -0.416. The lowest BCUT2D eigenvalue weighted by Crippen LogP contribution is -2.25. The molecule has 2 heteroatoms. The summed E-state index contributed by atoms with van der Waals surface area (Å²) in [5.41, 5.74) is 26.0. The largest absolute Gasteiger partial charge is 0.310 e. The molecule has 13 aromatic rings. The fourth-order valence-corrected chi connectivity index (χ4v) is 13.3. The number of hydrogen-bond donors (Lipinski definition) is 0. The van der Waals surface area contributed by atoms with Gasteiger partial charge in [-0.2, -0.15) is 0 Å². The summed E-state index contributed by atoms with van der Waals surface area (Å²) in [6, 6.07) is 110. The Morgan fingerprint density at radius 3 is 1.44 bits per heavy atom. The van der Waals surface area contributed by atoms with Gasteiger partial charge < -0.3 is 9.47 Å². The maximum Gasteiger partial charge on any atom is 0.0725 e. The number of nitrogens with zero attached hydrogens (tertiary/aromatic N) is 2. The monoisotopic (exact) mass is 980 g/mol. The van der Waals surface area contributed by atoms with Crippen LogP contribution in [0, 0.1) is 0 Å². The van der Waals surface area contributed by atoms with Crippen LogP contribution in [0.2, 0.25) is 0 Å². The first-order valence-corrected chi connectivity index (χ1v) is 26.9. The number of aromatic nitrogens is 1. The molecule has 2 nitrogen and oxygen atoms in total. The van der Waals surface area contributed by atoms with Crippen LogP contribution in [0.1, 0.15) is 44.9 Å². The molecule has 1 atom stereocenters. The standard InChI is InChI=1S/C75H52N2/c1-4-19-52(20-5-1)54-37-39-56(40-38-54)66(64-29-18-33-71-74(64)65-28-12-16-32-70(65)75(71)68-30-14-10-25-61(68)62-26-11-15-31-69(62)75)49-51-35-43-58(44-36-51)76(59-45-41-55(42-46-59)53-21-6-2-7-22-53)60-47-48-73-67(50-60)63-27-13-17-34-72(63)77(73)57-23-8-3-9-24-57/h1-48,50,66H,49H2. The van der Waals surface area contributed by atoms with E-state index in [9.17, 15) is 0 Å². The predicted molar refractivity (Wildman–Crippen MR) is 321 cm³/mol. The minimum absolute atomic E-state index is 0.0571. The van der Waals surface area contributed by atoms with Gasteiger partial charge in [-0.05, 0) is 151 Å². The van der Waals surface area contributed by atoms with E-state index in [1.807, 2.05) is 0 Å². The molecular formula is C75H52N2. The number of rotatable bonds is 10.